The summed E-state index contributed by atoms with van der Waals surface area (Å²) in [5, 5.41) is 20.9. The van der Waals surface area contributed by atoms with Gasteiger partial charge in [-0.2, -0.15) is 0 Å². The third-order valence-electron chi connectivity index (χ3n) is 6.63. The van der Waals surface area contributed by atoms with Crippen LogP contribution in [0.5, 0.6) is 0 Å². The van der Waals surface area contributed by atoms with Gasteiger partial charge in [-0.25, -0.2) is 0 Å². The number of rotatable bonds is 17. The molecule has 0 radical (unpaired) electrons. The topological polar surface area (TPSA) is 189 Å². The van der Waals surface area contributed by atoms with Crippen LogP contribution in [-0.2, 0) is 28.8 Å². The molecule has 232 valence electrons. The standard InChI is InChI=1S/C28H43N7O7/c1-21(37)35(22-6-3-2-4-7-22)23-10-14-34(15-11-23)16-12-29-24(38)8-5-9-25(39)31-19-27(41)33-20-28(42)32-18-26(40)30-13-17-36/h2-4,6-7,23,36H,5,8-20H2,1H3,(H,29,38)(H,30,40)(H,31,39)(H,32,42)(H,33,41). The monoisotopic (exact) mass is 589 g/mol. The third kappa shape index (κ3) is 13.5. The number of piperidine rings is 1. The third-order valence-corrected chi connectivity index (χ3v) is 6.63. The Morgan fingerprint density at radius 1 is 0.762 bits per heavy atom. The van der Waals surface area contributed by atoms with Crippen LogP contribution in [-0.4, -0.2) is 110 Å². The van der Waals surface area contributed by atoms with Crippen LogP contribution in [0.15, 0.2) is 30.3 Å². The van der Waals surface area contributed by atoms with E-state index in [9.17, 15) is 28.8 Å². The van der Waals surface area contributed by atoms with Gasteiger partial charge in [-0.3, -0.25) is 28.8 Å². The van der Waals surface area contributed by atoms with E-state index in [-0.39, 0.29) is 69.4 Å². The second-order valence-electron chi connectivity index (χ2n) is 9.90. The summed E-state index contributed by atoms with van der Waals surface area (Å²) in [5.41, 5.74) is 0.910. The molecule has 1 aromatic carbocycles. The van der Waals surface area contributed by atoms with Gasteiger partial charge in [0, 0.05) is 64.2 Å². The second-order valence-corrected chi connectivity index (χ2v) is 9.90. The number of likely N-dealkylation sites (tertiary alicyclic amines) is 1. The molecule has 1 saturated heterocycles. The van der Waals surface area contributed by atoms with E-state index in [1.165, 1.54) is 0 Å². The first kappa shape index (κ1) is 34.2. The van der Waals surface area contributed by atoms with Gasteiger partial charge in [0.25, 0.3) is 0 Å². The van der Waals surface area contributed by atoms with Crippen molar-refractivity contribution in [3.63, 3.8) is 0 Å². The molecule has 0 aliphatic carbocycles. The van der Waals surface area contributed by atoms with Crippen LogP contribution in [0.3, 0.4) is 0 Å². The number of anilines is 1. The molecule has 1 aromatic rings. The molecule has 1 fully saturated rings. The van der Waals surface area contributed by atoms with E-state index in [0.717, 1.165) is 31.6 Å². The van der Waals surface area contributed by atoms with Gasteiger partial charge in [0.15, 0.2) is 0 Å². The van der Waals surface area contributed by atoms with E-state index in [1.54, 1.807) is 6.92 Å². The molecule has 0 atom stereocenters. The SMILES string of the molecule is CC(=O)N(c1ccccc1)C1CCN(CCNC(=O)CCCC(=O)NCC(=O)NCC(=O)NCC(=O)NCCO)CC1. The second kappa shape index (κ2) is 19.1. The minimum Gasteiger partial charge on any atom is -0.395 e. The average molecular weight is 590 g/mol. The van der Waals surface area contributed by atoms with Crippen molar-refractivity contribution in [2.45, 2.75) is 45.1 Å². The van der Waals surface area contributed by atoms with Crippen molar-refractivity contribution < 1.29 is 33.9 Å². The minimum atomic E-state index is -0.577. The summed E-state index contributed by atoms with van der Waals surface area (Å²) >= 11 is 0. The molecule has 0 bridgehead atoms. The number of nitrogens with zero attached hydrogens (tertiary/aromatic N) is 2. The highest BCUT2D eigenvalue weighted by atomic mass is 16.3. The van der Waals surface area contributed by atoms with Crippen molar-refractivity contribution in [2.75, 3.05) is 63.9 Å². The Morgan fingerprint density at radius 3 is 1.81 bits per heavy atom. The van der Waals surface area contributed by atoms with Crippen molar-refractivity contribution in [3.05, 3.63) is 30.3 Å². The molecule has 1 aliphatic rings. The molecule has 6 amide bonds. The van der Waals surface area contributed by atoms with Gasteiger partial charge >= 0.3 is 0 Å². The highest BCUT2D eigenvalue weighted by Gasteiger charge is 2.27. The van der Waals surface area contributed by atoms with Crippen LogP contribution in [0, 0.1) is 0 Å². The molecule has 14 heteroatoms. The van der Waals surface area contributed by atoms with Crippen molar-refractivity contribution in [3.8, 4) is 0 Å². The number of carbonyl (C=O) groups excluding carboxylic acids is 6. The van der Waals surface area contributed by atoms with Crippen LogP contribution in [0.2, 0.25) is 0 Å². The largest absolute Gasteiger partial charge is 0.395 e. The maximum atomic E-state index is 12.3. The van der Waals surface area contributed by atoms with Gasteiger partial charge < -0.3 is 41.5 Å². The zero-order valence-electron chi connectivity index (χ0n) is 24.2. The molecular weight excluding hydrogens is 546 g/mol. The lowest BCUT2D eigenvalue weighted by Crippen LogP contribution is -2.48. The van der Waals surface area contributed by atoms with E-state index in [4.69, 9.17) is 5.11 Å². The quantitative estimate of drug-likeness (QED) is 0.123. The molecule has 1 heterocycles. The summed E-state index contributed by atoms with van der Waals surface area (Å²) in [6.07, 6.45) is 2.29. The van der Waals surface area contributed by atoms with Crippen LogP contribution >= 0.6 is 0 Å². The lowest BCUT2D eigenvalue weighted by Gasteiger charge is -2.38. The van der Waals surface area contributed by atoms with E-state index in [1.807, 2.05) is 35.2 Å². The number of para-hydroxylation sites is 1. The number of nitrogens with one attached hydrogen (secondary N) is 5. The van der Waals surface area contributed by atoms with E-state index in [2.05, 4.69) is 31.5 Å². The average Bonchev–Trinajstić information content (AvgIpc) is 2.98. The molecule has 14 nitrogen and oxygen atoms in total. The fourth-order valence-electron chi connectivity index (χ4n) is 4.50. The lowest BCUT2D eigenvalue weighted by atomic mass is 10.0. The first-order valence-electron chi connectivity index (χ1n) is 14.2. The Bertz CT molecular complexity index is 1050. The molecule has 0 unspecified atom stereocenters. The fourth-order valence-corrected chi connectivity index (χ4v) is 4.50. The predicted molar refractivity (Wildman–Crippen MR) is 155 cm³/mol. The summed E-state index contributed by atoms with van der Waals surface area (Å²) in [6.45, 7) is 3.36. The van der Waals surface area contributed by atoms with Gasteiger partial charge in [-0.15, -0.1) is 0 Å². The summed E-state index contributed by atoms with van der Waals surface area (Å²) in [6, 6.07) is 9.82. The van der Waals surface area contributed by atoms with Crippen LogP contribution in [0.1, 0.15) is 39.0 Å². The molecule has 1 aliphatic heterocycles. The van der Waals surface area contributed by atoms with E-state index in [0.29, 0.717) is 19.5 Å². The fraction of sp³-hybridized carbons (Fsp3) is 0.571. The number of hydrogen-bond donors (Lipinski definition) is 6. The number of aliphatic hydroxyl groups excluding tert-OH is 1. The van der Waals surface area contributed by atoms with Crippen molar-refractivity contribution >= 4 is 41.1 Å². The molecule has 6 N–H and O–H groups in total. The molecule has 0 saturated carbocycles. The van der Waals surface area contributed by atoms with E-state index >= 15 is 0 Å². The number of amides is 6. The first-order chi connectivity index (χ1) is 20.2. The summed E-state index contributed by atoms with van der Waals surface area (Å²) in [4.78, 5) is 75.3. The maximum Gasteiger partial charge on any atom is 0.239 e. The Hall–Kier alpha value is -4.04. The van der Waals surface area contributed by atoms with Gasteiger partial charge in [-0.1, -0.05) is 18.2 Å². The van der Waals surface area contributed by atoms with Gasteiger partial charge in [0.05, 0.1) is 26.2 Å². The minimum absolute atomic E-state index is 0.0311. The summed E-state index contributed by atoms with van der Waals surface area (Å²) in [7, 11) is 0. The Labute approximate surface area is 245 Å². The highest BCUT2D eigenvalue weighted by Crippen LogP contribution is 2.23. The van der Waals surface area contributed by atoms with Crippen molar-refractivity contribution in [1.29, 1.82) is 0 Å². The van der Waals surface area contributed by atoms with Crippen LogP contribution < -0.4 is 31.5 Å². The number of aliphatic hydroxyl groups is 1. The Kier molecular flexibility index (Phi) is 15.6. The molecular formula is C28H43N7O7. The normalized spacial score (nSPS) is 13.5. The zero-order valence-corrected chi connectivity index (χ0v) is 24.2. The zero-order chi connectivity index (χ0) is 30.7. The van der Waals surface area contributed by atoms with Crippen LogP contribution in [0.4, 0.5) is 5.69 Å². The Morgan fingerprint density at radius 2 is 1.26 bits per heavy atom. The summed E-state index contributed by atoms with van der Waals surface area (Å²) < 4.78 is 0. The number of carbonyl (C=O) groups is 6. The molecule has 2 rings (SSSR count). The number of hydrogen-bond acceptors (Lipinski definition) is 8. The predicted octanol–water partition coefficient (Wildman–Crippen LogP) is -1.75. The van der Waals surface area contributed by atoms with Crippen molar-refractivity contribution in [2.24, 2.45) is 0 Å². The van der Waals surface area contributed by atoms with E-state index < -0.39 is 17.7 Å². The molecule has 0 spiro atoms. The Balaban J connectivity index is 1.51. The summed E-state index contributed by atoms with van der Waals surface area (Å²) in [5.74, 6) is -2.13. The van der Waals surface area contributed by atoms with Crippen LogP contribution in [0.25, 0.3) is 0 Å². The van der Waals surface area contributed by atoms with Gasteiger partial charge in [0.2, 0.25) is 35.4 Å². The molecule has 42 heavy (non-hydrogen) atoms. The van der Waals surface area contributed by atoms with Gasteiger partial charge in [0.1, 0.15) is 0 Å². The lowest BCUT2D eigenvalue weighted by molar-refractivity contribution is -0.128. The first-order valence-corrected chi connectivity index (χ1v) is 14.2. The van der Waals surface area contributed by atoms with Crippen molar-refractivity contribution in [1.82, 2.24) is 31.5 Å². The van der Waals surface area contributed by atoms with Gasteiger partial charge in [-0.05, 0) is 31.4 Å². The number of benzene rings is 1. The molecule has 0 aromatic heterocycles. The maximum absolute atomic E-state index is 12.3. The highest BCUT2D eigenvalue weighted by molar-refractivity contribution is 5.92. The smallest absolute Gasteiger partial charge is 0.239 e.